The first-order chi connectivity index (χ1) is 18.7. The molecule has 3 aromatic carbocycles. The van der Waals surface area contributed by atoms with E-state index >= 15 is 0 Å². The molecular formula is C37H47Cl3SiTi. The summed E-state index contributed by atoms with van der Waals surface area (Å²) in [5.41, 5.74) is 5.81. The maximum absolute atomic E-state index is 3.68. The van der Waals surface area contributed by atoms with Crippen molar-refractivity contribution in [2.45, 2.75) is 98.3 Å². The number of unbranched alkanes of at least 4 members (excludes halogenated alkanes) is 3. The topological polar surface area (TPSA) is 0 Å². The molecule has 0 nitrogen and oxygen atoms in total. The molecule has 0 amide bonds. The molecule has 0 saturated carbocycles. The second-order valence-corrected chi connectivity index (χ2v) is 14.9. The van der Waals surface area contributed by atoms with E-state index in [-0.39, 0.29) is 58.9 Å². The van der Waals surface area contributed by atoms with Crippen LogP contribution in [0.1, 0.15) is 95.8 Å². The molecule has 0 atom stereocenters. The van der Waals surface area contributed by atoms with Crippen LogP contribution in [0.3, 0.4) is 0 Å². The molecule has 0 N–H and O–H groups in total. The number of halogens is 3. The van der Waals surface area contributed by atoms with Crippen LogP contribution in [0.5, 0.6) is 0 Å². The Hall–Kier alpha value is -1.06. The van der Waals surface area contributed by atoms with Gasteiger partial charge >= 0.3 is 21.7 Å². The molecule has 1 aliphatic carbocycles. The molecule has 0 fully saturated rings. The van der Waals surface area contributed by atoms with Gasteiger partial charge in [0.1, 0.15) is 0 Å². The summed E-state index contributed by atoms with van der Waals surface area (Å²) in [6.45, 7) is 9.14. The standard InChI is InChI=1S/C37H47Si.3ClH.Ti/c1-5-9-13-30-18-24-34(25-19-30)38(37-17-12-16-33(37)8-4,35-26-20-31(21-27-35)14-10-6-2)36-28-22-32(23-29-36)15-11-7-3;;;;/h12,18-29H,5-11,13-15,17H2,1-4H3;3*1H;/q-1;;;;+4/p-3. The first-order valence-corrected chi connectivity index (χ1v) is 17.3. The number of aryl methyl sites for hydroxylation is 3. The molecule has 1 aliphatic rings. The van der Waals surface area contributed by atoms with Gasteiger partial charge in [0, 0.05) is 0 Å². The largest absolute Gasteiger partial charge is 4.00 e. The molecule has 224 valence electrons. The molecule has 0 aromatic heterocycles. The molecule has 0 radical (unpaired) electrons. The van der Waals surface area contributed by atoms with Crippen molar-refractivity contribution in [1.29, 1.82) is 0 Å². The van der Waals surface area contributed by atoms with Crippen LogP contribution in [-0.2, 0) is 41.0 Å². The fourth-order valence-corrected chi connectivity index (χ4v) is 11.3. The van der Waals surface area contributed by atoms with Gasteiger partial charge in [-0.3, -0.25) is 6.08 Å². The summed E-state index contributed by atoms with van der Waals surface area (Å²) < 4.78 is 0. The Kier molecular flexibility index (Phi) is 20.3. The maximum atomic E-state index is 3.68. The fraction of sp³-hybridized carbons (Fsp3) is 0.405. The van der Waals surface area contributed by atoms with Gasteiger partial charge in [0.2, 0.25) is 0 Å². The monoisotopic (exact) mass is 672 g/mol. The second kappa shape index (κ2) is 20.8. The third-order valence-corrected chi connectivity index (χ3v) is 13.4. The van der Waals surface area contributed by atoms with Gasteiger partial charge in [-0.25, -0.2) is 10.8 Å². The van der Waals surface area contributed by atoms with Gasteiger partial charge in [0.15, 0.2) is 0 Å². The molecule has 0 saturated heterocycles. The van der Waals surface area contributed by atoms with Crippen molar-refractivity contribution in [3.05, 3.63) is 112 Å². The minimum Gasteiger partial charge on any atom is -1.00 e. The predicted molar refractivity (Wildman–Crippen MR) is 170 cm³/mol. The van der Waals surface area contributed by atoms with E-state index in [9.17, 15) is 0 Å². The molecular weight excluding hydrogens is 627 g/mol. The van der Waals surface area contributed by atoms with Crippen LogP contribution in [0, 0.1) is 6.08 Å². The van der Waals surface area contributed by atoms with E-state index < -0.39 is 8.07 Å². The molecule has 0 spiro atoms. The van der Waals surface area contributed by atoms with Gasteiger partial charge < -0.3 is 37.2 Å². The summed E-state index contributed by atoms with van der Waals surface area (Å²) in [7, 11) is -2.45. The normalized spacial score (nSPS) is 12.2. The zero-order valence-corrected chi connectivity index (χ0v) is 30.7. The third-order valence-electron chi connectivity index (χ3n) is 8.37. The zero-order valence-electron chi connectivity index (χ0n) is 25.9. The molecule has 5 heteroatoms. The van der Waals surface area contributed by atoms with Crippen LogP contribution in [0.25, 0.3) is 0 Å². The number of allylic oxidation sites excluding steroid dienone is 4. The van der Waals surface area contributed by atoms with E-state index in [4.69, 9.17) is 0 Å². The third kappa shape index (κ3) is 9.47. The Morgan fingerprint density at radius 2 is 0.881 bits per heavy atom. The zero-order chi connectivity index (χ0) is 26.8. The Balaban J connectivity index is 0.00000420. The van der Waals surface area contributed by atoms with Gasteiger partial charge in [0.25, 0.3) is 0 Å². The van der Waals surface area contributed by atoms with Gasteiger partial charge in [-0.15, -0.1) is 0 Å². The molecule has 0 heterocycles. The van der Waals surface area contributed by atoms with Crippen LogP contribution >= 0.6 is 0 Å². The van der Waals surface area contributed by atoms with Crippen molar-refractivity contribution in [2.75, 3.05) is 0 Å². The quantitative estimate of drug-likeness (QED) is 0.120. The van der Waals surface area contributed by atoms with Gasteiger partial charge in [-0.1, -0.05) is 148 Å². The van der Waals surface area contributed by atoms with E-state index in [2.05, 4.69) is 113 Å². The molecule has 3 aromatic rings. The number of rotatable bonds is 14. The fourth-order valence-electron chi connectivity index (χ4n) is 6.11. The molecule has 0 unspecified atom stereocenters. The van der Waals surface area contributed by atoms with Crippen LogP contribution < -0.4 is 52.8 Å². The molecule has 0 aliphatic heterocycles. The Bertz CT molecular complexity index is 1090. The summed E-state index contributed by atoms with van der Waals surface area (Å²) in [4.78, 5) is 0. The molecule has 42 heavy (non-hydrogen) atoms. The van der Waals surface area contributed by atoms with Crippen molar-refractivity contribution in [3.8, 4) is 0 Å². The van der Waals surface area contributed by atoms with E-state index in [1.165, 1.54) is 95.6 Å². The summed E-state index contributed by atoms with van der Waals surface area (Å²) >= 11 is 0. The van der Waals surface area contributed by atoms with Crippen molar-refractivity contribution in [2.24, 2.45) is 0 Å². The van der Waals surface area contributed by atoms with Crippen LogP contribution in [0.15, 0.2) is 89.6 Å². The Morgan fingerprint density at radius 1 is 0.548 bits per heavy atom. The maximum Gasteiger partial charge on any atom is 4.00 e. The minimum atomic E-state index is -2.45. The van der Waals surface area contributed by atoms with Crippen molar-refractivity contribution >= 4 is 23.6 Å². The summed E-state index contributed by atoms with van der Waals surface area (Å²) in [5.74, 6) is 0. The number of hydrogen-bond donors (Lipinski definition) is 0. The van der Waals surface area contributed by atoms with Gasteiger partial charge in [0.05, 0.1) is 8.07 Å². The van der Waals surface area contributed by atoms with Gasteiger partial charge in [-0.05, 0) is 55.2 Å². The number of benzene rings is 3. The SMILES string of the molecule is CCCCc1ccc([Si](C2=C(CC)[C-]=CC2)(c2ccc(CCCC)cc2)c2ccc(CCCC)cc2)cc1.[Cl-].[Cl-].[Cl-].[Ti+4]. The average molecular weight is 674 g/mol. The van der Waals surface area contributed by atoms with Crippen molar-refractivity contribution in [1.82, 2.24) is 0 Å². The van der Waals surface area contributed by atoms with E-state index in [1.54, 1.807) is 5.20 Å². The average Bonchev–Trinajstić information content (AvgIpc) is 3.45. The smallest absolute Gasteiger partial charge is 1.00 e. The van der Waals surface area contributed by atoms with Crippen molar-refractivity contribution < 1.29 is 58.9 Å². The molecule has 4 rings (SSSR count). The van der Waals surface area contributed by atoms with E-state index in [0.29, 0.717) is 0 Å². The first kappa shape index (κ1) is 40.9. The number of hydrogen-bond acceptors (Lipinski definition) is 0. The van der Waals surface area contributed by atoms with Gasteiger partial charge in [-0.2, -0.15) is 6.08 Å². The van der Waals surface area contributed by atoms with Crippen molar-refractivity contribution in [3.63, 3.8) is 0 Å². The van der Waals surface area contributed by atoms with E-state index in [0.717, 1.165) is 12.8 Å². The summed E-state index contributed by atoms with van der Waals surface area (Å²) in [6, 6.07) is 29.3. The van der Waals surface area contributed by atoms with Crippen LogP contribution in [0.4, 0.5) is 0 Å². The minimum absolute atomic E-state index is 0. The van der Waals surface area contributed by atoms with E-state index in [1.807, 2.05) is 0 Å². The van der Waals surface area contributed by atoms with Crippen LogP contribution in [0.2, 0.25) is 0 Å². The predicted octanol–water partition coefficient (Wildman–Crippen LogP) is -0.797. The first-order valence-electron chi connectivity index (χ1n) is 15.3. The Morgan fingerprint density at radius 3 is 1.17 bits per heavy atom. The molecule has 0 bridgehead atoms. The Labute approximate surface area is 291 Å². The van der Waals surface area contributed by atoms with Crippen LogP contribution in [-0.4, -0.2) is 8.07 Å². The summed E-state index contributed by atoms with van der Waals surface area (Å²) in [6.07, 6.45) is 19.0. The summed E-state index contributed by atoms with van der Waals surface area (Å²) in [5, 5.41) is 6.17. The second-order valence-electron chi connectivity index (χ2n) is 11.0.